The highest BCUT2D eigenvalue weighted by molar-refractivity contribution is 5.47. The Bertz CT molecular complexity index is 871. The Morgan fingerprint density at radius 2 is 2.00 bits per heavy atom. The number of hydrogen-bond donors (Lipinski definition) is 1. The molecule has 1 N–H and O–H groups in total. The summed E-state index contributed by atoms with van der Waals surface area (Å²) in [6, 6.07) is 11.6. The van der Waals surface area contributed by atoms with E-state index in [1.807, 2.05) is 56.4 Å². The van der Waals surface area contributed by atoms with Crippen LogP contribution in [0.4, 0.5) is 0 Å². The van der Waals surface area contributed by atoms with Crippen molar-refractivity contribution < 1.29 is 9.84 Å². The van der Waals surface area contributed by atoms with Crippen LogP contribution >= 0.6 is 0 Å². The number of aromatic hydroxyl groups is 1. The Morgan fingerprint density at radius 1 is 1.22 bits per heavy atom. The van der Waals surface area contributed by atoms with Crippen LogP contribution in [0.2, 0.25) is 0 Å². The van der Waals surface area contributed by atoms with E-state index in [0.717, 1.165) is 33.8 Å². The maximum Gasteiger partial charge on any atom is 0.220 e. The molecular formula is C18H17N3O2. The number of rotatable bonds is 2. The van der Waals surface area contributed by atoms with Crippen LogP contribution in [0, 0.1) is 13.8 Å². The normalized spacial score (nSPS) is 16.5. The first kappa shape index (κ1) is 14.0. The molecule has 0 spiro atoms. The fourth-order valence-corrected chi connectivity index (χ4v) is 3.06. The molecule has 5 heteroatoms. The molecule has 1 atom stereocenters. The highest BCUT2D eigenvalue weighted by Gasteiger charge is 2.32. The average molecular weight is 307 g/mol. The van der Waals surface area contributed by atoms with E-state index in [9.17, 15) is 5.11 Å². The van der Waals surface area contributed by atoms with E-state index >= 15 is 0 Å². The van der Waals surface area contributed by atoms with Gasteiger partial charge in [0.2, 0.25) is 5.88 Å². The monoisotopic (exact) mass is 307 g/mol. The summed E-state index contributed by atoms with van der Waals surface area (Å²) >= 11 is 0. The molecular weight excluding hydrogens is 290 g/mol. The Labute approximate surface area is 134 Å². The van der Waals surface area contributed by atoms with Gasteiger partial charge in [-0.2, -0.15) is 5.10 Å². The molecule has 1 aliphatic heterocycles. The Balaban J connectivity index is 1.83. The summed E-state index contributed by atoms with van der Waals surface area (Å²) in [5.74, 6) is 0.126. The summed E-state index contributed by atoms with van der Waals surface area (Å²) in [6.07, 6.45) is 1.54. The van der Waals surface area contributed by atoms with Crippen molar-refractivity contribution in [2.45, 2.75) is 26.6 Å². The lowest BCUT2D eigenvalue weighted by Crippen LogP contribution is -2.01. The second kappa shape index (κ2) is 5.21. The molecule has 0 amide bonds. The molecule has 23 heavy (non-hydrogen) atoms. The first-order valence-electron chi connectivity index (χ1n) is 7.56. The maximum absolute atomic E-state index is 10.7. The molecule has 0 bridgehead atoms. The van der Waals surface area contributed by atoms with Gasteiger partial charge in [-0.15, -0.1) is 0 Å². The van der Waals surface area contributed by atoms with E-state index in [1.54, 1.807) is 4.68 Å². The van der Waals surface area contributed by atoms with Gasteiger partial charge in [-0.1, -0.05) is 18.2 Å². The van der Waals surface area contributed by atoms with Crippen molar-refractivity contribution >= 4 is 0 Å². The minimum Gasteiger partial charge on any atom is -0.493 e. The fraction of sp³-hybridized carbons (Fsp3) is 0.222. The maximum atomic E-state index is 10.7. The number of fused-ring (bicyclic) bond motifs is 1. The predicted octanol–water partition coefficient (Wildman–Crippen LogP) is 3.21. The number of aryl methyl sites for hydroxylation is 2. The minimum atomic E-state index is -0.302. The Hall–Kier alpha value is -2.66. The van der Waals surface area contributed by atoms with Gasteiger partial charge in [-0.3, -0.25) is 4.98 Å². The number of para-hydroxylation sites is 1. The molecule has 3 heterocycles. The largest absolute Gasteiger partial charge is 0.493 e. The third kappa shape index (κ3) is 2.21. The molecule has 0 radical (unpaired) electrons. The summed E-state index contributed by atoms with van der Waals surface area (Å²) < 4.78 is 7.48. The molecule has 116 valence electrons. The molecule has 5 nitrogen and oxygen atoms in total. The Morgan fingerprint density at radius 3 is 2.78 bits per heavy atom. The van der Waals surface area contributed by atoms with Gasteiger partial charge in [-0.05, 0) is 37.6 Å². The molecule has 3 aromatic rings. The minimum absolute atomic E-state index is 0.126. The zero-order valence-corrected chi connectivity index (χ0v) is 13.0. The molecule has 0 saturated heterocycles. The SMILES string of the molecule is Cc1cc2c(cn1)COC2c1c(C)nn(-c2ccccc2)c1O. The molecule has 1 aliphatic rings. The highest BCUT2D eigenvalue weighted by atomic mass is 16.5. The van der Waals surface area contributed by atoms with Crippen molar-refractivity contribution in [1.82, 2.24) is 14.8 Å². The van der Waals surface area contributed by atoms with E-state index in [0.29, 0.717) is 6.61 Å². The van der Waals surface area contributed by atoms with Gasteiger partial charge < -0.3 is 9.84 Å². The number of nitrogens with zero attached hydrogens (tertiary/aromatic N) is 3. The van der Waals surface area contributed by atoms with Crippen LogP contribution in [0.1, 0.15) is 34.2 Å². The third-order valence-corrected chi connectivity index (χ3v) is 4.19. The topological polar surface area (TPSA) is 60.2 Å². The van der Waals surface area contributed by atoms with Crippen LogP contribution in [0.5, 0.6) is 5.88 Å². The second-order valence-electron chi connectivity index (χ2n) is 5.79. The van der Waals surface area contributed by atoms with Crippen molar-refractivity contribution in [3.8, 4) is 11.6 Å². The van der Waals surface area contributed by atoms with Gasteiger partial charge in [0.1, 0.15) is 6.10 Å². The van der Waals surface area contributed by atoms with Crippen molar-refractivity contribution in [1.29, 1.82) is 0 Å². The lowest BCUT2D eigenvalue weighted by atomic mass is 10.0. The lowest BCUT2D eigenvalue weighted by molar-refractivity contribution is 0.0915. The van der Waals surface area contributed by atoms with Gasteiger partial charge in [0.05, 0.1) is 23.6 Å². The van der Waals surface area contributed by atoms with Crippen LogP contribution in [0.3, 0.4) is 0 Å². The number of aromatic nitrogens is 3. The zero-order chi connectivity index (χ0) is 16.0. The fourth-order valence-electron chi connectivity index (χ4n) is 3.06. The smallest absolute Gasteiger partial charge is 0.220 e. The van der Waals surface area contributed by atoms with Gasteiger partial charge in [0, 0.05) is 17.5 Å². The second-order valence-corrected chi connectivity index (χ2v) is 5.79. The van der Waals surface area contributed by atoms with E-state index in [4.69, 9.17) is 4.74 Å². The summed E-state index contributed by atoms with van der Waals surface area (Å²) in [6.45, 7) is 4.35. The first-order chi connectivity index (χ1) is 11.1. The van der Waals surface area contributed by atoms with Crippen LogP contribution in [-0.2, 0) is 11.3 Å². The number of pyridine rings is 1. The van der Waals surface area contributed by atoms with E-state index in [-0.39, 0.29) is 12.0 Å². The molecule has 4 rings (SSSR count). The quantitative estimate of drug-likeness (QED) is 0.790. The van der Waals surface area contributed by atoms with Crippen molar-refractivity contribution in [3.05, 3.63) is 70.7 Å². The summed E-state index contributed by atoms with van der Waals surface area (Å²) in [5.41, 5.74) is 5.36. The van der Waals surface area contributed by atoms with Gasteiger partial charge in [-0.25, -0.2) is 4.68 Å². The van der Waals surface area contributed by atoms with E-state index in [2.05, 4.69) is 10.1 Å². The van der Waals surface area contributed by atoms with Gasteiger partial charge in [0.15, 0.2) is 0 Å². The number of ether oxygens (including phenoxy) is 1. The van der Waals surface area contributed by atoms with Gasteiger partial charge in [0.25, 0.3) is 0 Å². The summed E-state index contributed by atoms with van der Waals surface area (Å²) in [5, 5.41) is 15.2. The average Bonchev–Trinajstić information content (AvgIpc) is 3.08. The van der Waals surface area contributed by atoms with Crippen molar-refractivity contribution in [3.63, 3.8) is 0 Å². The van der Waals surface area contributed by atoms with Gasteiger partial charge >= 0.3 is 0 Å². The summed E-state index contributed by atoms with van der Waals surface area (Å²) in [4.78, 5) is 4.31. The van der Waals surface area contributed by atoms with Crippen molar-refractivity contribution in [2.24, 2.45) is 0 Å². The molecule has 0 saturated carbocycles. The van der Waals surface area contributed by atoms with Crippen LogP contribution in [0.15, 0.2) is 42.6 Å². The molecule has 2 aromatic heterocycles. The number of benzene rings is 1. The first-order valence-corrected chi connectivity index (χ1v) is 7.56. The van der Waals surface area contributed by atoms with E-state index < -0.39 is 0 Å². The zero-order valence-electron chi connectivity index (χ0n) is 13.0. The third-order valence-electron chi connectivity index (χ3n) is 4.19. The molecule has 0 aliphatic carbocycles. The predicted molar refractivity (Wildman–Crippen MR) is 85.6 cm³/mol. The molecule has 1 unspecified atom stereocenters. The molecule has 1 aromatic carbocycles. The lowest BCUT2D eigenvalue weighted by Gasteiger charge is -2.11. The summed E-state index contributed by atoms with van der Waals surface area (Å²) in [7, 11) is 0. The van der Waals surface area contributed by atoms with Crippen molar-refractivity contribution in [2.75, 3.05) is 0 Å². The standard InChI is InChI=1S/C18H17N3O2/c1-11-8-15-13(9-19-11)10-23-17(15)16-12(2)20-21(18(16)22)14-6-4-3-5-7-14/h3-9,17,22H,10H2,1-2H3. The van der Waals surface area contributed by atoms with Crippen LogP contribution in [-0.4, -0.2) is 19.9 Å². The van der Waals surface area contributed by atoms with E-state index in [1.165, 1.54) is 0 Å². The van der Waals surface area contributed by atoms with Crippen LogP contribution < -0.4 is 0 Å². The number of hydrogen-bond acceptors (Lipinski definition) is 4. The highest BCUT2D eigenvalue weighted by Crippen LogP contribution is 2.41. The molecule has 0 fully saturated rings. The Kier molecular flexibility index (Phi) is 3.16. The van der Waals surface area contributed by atoms with Crippen LogP contribution in [0.25, 0.3) is 5.69 Å².